The van der Waals surface area contributed by atoms with Gasteiger partial charge >= 0.3 is 6.03 Å². The van der Waals surface area contributed by atoms with Crippen LogP contribution in [0.4, 0.5) is 16.2 Å². The molecule has 3 rings (SSSR count). The smallest absolute Gasteiger partial charge is 0.321 e. The fourth-order valence-electron chi connectivity index (χ4n) is 3.04. The van der Waals surface area contributed by atoms with Gasteiger partial charge in [0.1, 0.15) is 5.60 Å². The lowest BCUT2D eigenvalue weighted by molar-refractivity contribution is -0.140. The van der Waals surface area contributed by atoms with Crippen LogP contribution in [-0.4, -0.2) is 50.8 Å². The first-order valence-corrected chi connectivity index (χ1v) is 7.87. The summed E-state index contributed by atoms with van der Waals surface area (Å²) in [7, 11) is 1.58. The summed E-state index contributed by atoms with van der Waals surface area (Å²) < 4.78 is 5.52. The van der Waals surface area contributed by atoms with Gasteiger partial charge in [-0.15, -0.1) is 0 Å². The number of benzene rings is 1. The molecule has 0 atom stereocenters. The number of anilines is 2. The van der Waals surface area contributed by atoms with E-state index in [9.17, 15) is 9.59 Å². The molecular formula is C16H22N4O3. The van der Waals surface area contributed by atoms with Gasteiger partial charge in [-0.3, -0.25) is 9.69 Å². The van der Waals surface area contributed by atoms with E-state index < -0.39 is 5.60 Å². The van der Waals surface area contributed by atoms with Crippen LogP contribution in [0.5, 0.6) is 0 Å². The van der Waals surface area contributed by atoms with Crippen LogP contribution < -0.4 is 20.9 Å². The Balaban J connectivity index is 1.68. The zero-order valence-corrected chi connectivity index (χ0v) is 13.2. The van der Waals surface area contributed by atoms with Crippen molar-refractivity contribution in [2.24, 2.45) is 0 Å². The standard InChI is InChI=1S/C16H22N4O3/c1-23-16(6-8-17-9-7-16)14(21)19-12-2-4-13(5-3-12)20-11-10-18-15(20)22/h2-5,17H,6-11H2,1H3,(H,18,22)(H,19,21). The maximum absolute atomic E-state index is 12.6. The first kappa shape index (κ1) is 15.8. The Hall–Kier alpha value is -2.12. The summed E-state index contributed by atoms with van der Waals surface area (Å²) in [6, 6.07) is 7.20. The molecule has 2 heterocycles. The molecule has 7 nitrogen and oxygen atoms in total. The molecule has 2 aliphatic heterocycles. The number of hydrogen-bond acceptors (Lipinski definition) is 4. The summed E-state index contributed by atoms with van der Waals surface area (Å²) in [4.78, 5) is 25.9. The predicted molar refractivity (Wildman–Crippen MR) is 87.7 cm³/mol. The summed E-state index contributed by atoms with van der Waals surface area (Å²) in [5, 5.41) is 8.92. The number of rotatable bonds is 4. The van der Waals surface area contributed by atoms with Crippen molar-refractivity contribution < 1.29 is 14.3 Å². The number of carbonyl (C=O) groups excluding carboxylic acids is 2. The van der Waals surface area contributed by atoms with Crippen LogP contribution in [-0.2, 0) is 9.53 Å². The van der Waals surface area contributed by atoms with Crippen LogP contribution in [0.2, 0.25) is 0 Å². The van der Waals surface area contributed by atoms with Crippen molar-refractivity contribution in [2.75, 3.05) is 43.5 Å². The highest BCUT2D eigenvalue weighted by atomic mass is 16.5. The monoisotopic (exact) mass is 318 g/mol. The third-order valence-corrected chi connectivity index (χ3v) is 4.51. The lowest BCUT2D eigenvalue weighted by Crippen LogP contribution is -2.51. The number of urea groups is 1. The van der Waals surface area contributed by atoms with Crippen LogP contribution in [0.15, 0.2) is 24.3 Å². The second-order valence-electron chi connectivity index (χ2n) is 5.83. The number of piperidine rings is 1. The summed E-state index contributed by atoms with van der Waals surface area (Å²) in [5.74, 6) is -0.117. The van der Waals surface area contributed by atoms with Crippen molar-refractivity contribution in [3.63, 3.8) is 0 Å². The molecule has 1 aromatic carbocycles. The molecule has 2 fully saturated rings. The van der Waals surface area contributed by atoms with Gasteiger partial charge in [0.15, 0.2) is 0 Å². The molecule has 3 amide bonds. The molecule has 0 unspecified atom stereocenters. The molecule has 23 heavy (non-hydrogen) atoms. The zero-order valence-electron chi connectivity index (χ0n) is 13.2. The van der Waals surface area contributed by atoms with Crippen molar-refractivity contribution in [1.29, 1.82) is 0 Å². The van der Waals surface area contributed by atoms with E-state index in [1.165, 1.54) is 0 Å². The third-order valence-electron chi connectivity index (χ3n) is 4.51. The maximum atomic E-state index is 12.6. The van der Waals surface area contributed by atoms with Crippen LogP contribution >= 0.6 is 0 Å². The van der Waals surface area contributed by atoms with Gasteiger partial charge in [0, 0.05) is 31.6 Å². The fraction of sp³-hybridized carbons (Fsp3) is 0.500. The molecule has 0 aromatic heterocycles. The molecule has 0 bridgehead atoms. The summed E-state index contributed by atoms with van der Waals surface area (Å²) in [6.07, 6.45) is 1.31. The second-order valence-corrected chi connectivity index (χ2v) is 5.83. The summed E-state index contributed by atoms with van der Waals surface area (Å²) in [5.41, 5.74) is 0.758. The van der Waals surface area contributed by atoms with Crippen LogP contribution in [0.1, 0.15) is 12.8 Å². The van der Waals surface area contributed by atoms with Gasteiger partial charge in [0.2, 0.25) is 0 Å². The lowest BCUT2D eigenvalue weighted by Gasteiger charge is -2.34. The van der Waals surface area contributed by atoms with E-state index in [1.54, 1.807) is 12.0 Å². The largest absolute Gasteiger partial charge is 0.368 e. The highest BCUT2D eigenvalue weighted by Gasteiger charge is 2.39. The van der Waals surface area contributed by atoms with E-state index >= 15 is 0 Å². The first-order valence-electron chi connectivity index (χ1n) is 7.87. The van der Waals surface area contributed by atoms with E-state index in [1.807, 2.05) is 24.3 Å². The van der Waals surface area contributed by atoms with Crippen molar-refractivity contribution in [3.8, 4) is 0 Å². The Morgan fingerprint density at radius 3 is 2.48 bits per heavy atom. The van der Waals surface area contributed by atoms with Crippen molar-refractivity contribution in [1.82, 2.24) is 10.6 Å². The summed E-state index contributed by atoms with van der Waals surface area (Å²) in [6.45, 7) is 2.85. The molecule has 3 N–H and O–H groups in total. The van der Waals surface area contributed by atoms with Gasteiger partial charge in [-0.05, 0) is 50.2 Å². The number of nitrogens with zero attached hydrogens (tertiary/aromatic N) is 1. The highest BCUT2D eigenvalue weighted by molar-refractivity contribution is 5.98. The molecule has 124 valence electrons. The molecule has 2 saturated heterocycles. The topological polar surface area (TPSA) is 82.7 Å². The number of hydrogen-bond donors (Lipinski definition) is 3. The van der Waals surface area contributed by atoms with Crippen molar-refractivity contribution in [3.05, 3.63) is 24.3 Å². The average Bonchev–Trinajstić information content (AvgIpc) is 3.02. The molecule has 1 aromatic rings. The van der Waals surface area contributed by atoms with Gasteiger partial charge in [0.05, 0.1) is 0 Å². The van der Waals surface area contributed by atoms with E-state index in [-0.39, 0.29) is 11.9 Å². The SMILES string of the molecule is COC1(C(=O)Nc2ccc(N3CCNC3=O)cc2)CCNCC1. The maximum Gasteiger partial charge on any atom is 0.321 e. The summed E-state index contributed by atoms with van der Waals surface area (Å²) >= 11 is 0. The Kier molecular flexibility index (Phi) is 4.49. The fourth-order valence-corrected chi connectivity index (χ4v) is 3.04. The molecule has 0 aliphatic carbocycles. The average molecular weight is 318 g/mol. The molecule has 7 heteroatoms. The van der Waals surface area contributed by atoms with Gasteiger partial charge in [-0.1, -0.05) is 0 Å². The van der Waals surface area contributed by atoms with Crippen LogP contribution in [0.25, 0.3) is 0 Å². The predicted octanol–water partition coefficient (Wildman–Crippen LogP) is 0.923. The third kappa shape index (κ3) is 3.16. The Labute approximate surface area is 135 Å². The molecule has 2 aliphatic rings. The number of carbonyl (C=O) groups is 2. The van der Waals surface area contributed by atoms with Gasteiger partial charge in [0.25, 0.3) is 5.91 Å². The quantitative estimate of drug-likeness (QED) is 0.771. The van der Waals surface area contributed by atoms with Crippen LogP contribution in [0, 0.1) is 0 Å². The lowest BCUT2D eigenvalue weighted by atomic mass is 9.91. The molecular weight excluding hydrogens is 296 g/mol. The molecule has 0 saturated carbocycles. The highest BCUT2D eigenvalue weighted by Crippen LogP contribution is 2.25. The second kappa shape index (κ2) is 6.55. The first-order chi connectivity index (χ1) is 11.1. The van der Waals surface area contributed by atoms with E-state index in [4.69, 9.17) is 4.74 Å². The van der Waals surface area contributed by atoms with Crippen molar-refractivity contribution in [2.45, 2.75) is 18.4 Å². The number of ether oxygens (including phenoxy) is 1. The van der Waals surface area contributed by atoms with Crippen LogP contribution in [0.3, 0.4) is 0 Å². The van der Waals surface area contributed by atoms with Gasteiger partial charge < -0.3 is 20.7 Å². The Morgan fingerprint density at radius 1 is 1.22 bits per heavy atom. The Bertz CT molecular complexity index is 581. The minimum absolute atomic E-state index is 0.0881. The molecule has 0 radical (unpaired) electrons. The normalized spacial score (nSPS) is 20.2. The minimum Gasteiger partial charge on any atom is -0.368 e. The number of amides is 3. The molecule has 0 spiro atoms. The number of methoxy groups -OCH3 is 1. The minimum atomic E-state index is -0.765. The van der Waals surface area contributed by atoms with E-state index in [0.29, 0.717) is 31.6 Å². The van der Waals surface area contributed by atoms with Gasteiger partial charge in [-0.25, -0.2) is 4.79 Å². The van der Waals surface area contributed by atoms with E-state index in [0.717, 1.165) is 18.8 Å². The van der Waals surface area contributed by atoms with Gasteiger partial charge in [-0.2, -0.15) is 0 Å². The number of nitrogens with one attached hydrogen (secondary N) is 3. The Morgan fingerprint density at radius 2 is 1.91 bits per heavy atom. The van der Waals surface area contributed by atoms with Crippen molar-refractivity contribution >= 4 is 23.3 Å². The zero-order chi connectivity index (χ0) is 16.3. The van der Waals surface area contributed by atoms with E-state index in [2.05, 4.69) is 16.0 Å².